The summed E-state index contributed by atoms with van der Waals surface area (Å²) >= 11 is 3.23. The Morgan fingerprint density at radius 1 is 1.69 bits per heavy atom. The van der Waals surface area contributed by atoms with Crippen molar-refractivity contribution >= 4 is 22.1 Å². The molecule has 1 heterocycles. The standard InChI is InChI=1S/C9H14BrNO2/c1-6(2)4-7-8(13-3)5-9(12)11(7)10/h5-7H,4H2,1-3H3. The number of methoxy groups -OCH3 is 1. The van der Waals surface area contributed by atoms with Gasteiger partial charge in [-0.15, -0.1) is 0 Å². The third-order valence-corrected chi connectivity index (χ3v) is 2.85. The van der Waals surface area contributed by atoms with Crippen molar-refractivity contribution in [3.63, 3.8) is 0 Å². The molecule has 13 heavy (non-hydrogen) atoms. The Kier molecular flexibility index (Phi) is 3.36. The fourth-order valence-corrected chi connectivity index (χ4v) is 1.87. The molecule has 0 spiro atoms. The van der Waals surface area contributed by atoms with E-state index in [1.54, 1.807) is 11.0 Å². The molecule has 0 aromatic rings. The fourth-order valence-electron chi connectivity index (χ4n) is 1.40. The summed E-state index contributed by atoms with van der Waals surface area (Å²) in [4.78, 5) is 11.3. The van der Waals surface area contributed by atoms with E-state index in [1.165, 1.54) is 6.08 Å². The molecule has 0 aliphatic carbocycles. The minimum atomic E-state index is -0.0394. The maximum Gasteiger partial charge on any atom is 0.260 e. The molecule has 0 N–H and O–H groups in total. The van der Waals surface area contributed by atoms with E-state index in [9.17, 15) is 4.79 Å². The van der Waals surface area contributed by atoms with Gasteiger partial charge in [0, 0.05) is 6.08 Å². The molecule has 1 aliphatic rings. The van der Waals surface area contributed by atoms with Gasteiger partial charge in [-0.25, -0.2) is 0 Å². The molecule has 0 aromatic heterocycles. The van der Waals surface area contributed by atoms with Gasteiger partial charge in [-0.2, -0.15) is 0 Å². The van der Waals surface area contributed by atoms with Crippen LogP contribution in [0.25, 0.3) is 0 Å². The number of carbonyl (C=O) groups excluding carboxylic acids is 1. The Labute approximate surface area is 87.1 Å². The summed E-state index contributed by atoms with van der Waals surface area (Å²) in [6.45, 7) is 4.24. The highest BCUT2D eigenvalue weighted by Crippen LogP contribution is 2.28. The lowest BCUT2D eigenvalue weighted by Gasteiger charge is -2.21. The predicted molar refractivity (Wildman–Crippen MR) is 54.1 cm³/mol. The molecule has 0 radical (unpaired) electrons. The van der Waals surface area contributed by atoms with Gasteiger partial charge in [0.25, 0.3) is 5.91 Å². The van der Waals surface area contributed by atoms with Crippen LogP contribution in [0.5, 0.6) is 0 Å². The van der Waals surface area contributed by atoms with Crippen LogP contribution in [0.2, 0.25) is 0 Å². The summed E-state index contributed by atoms with van der Waals surface area (Å²) in [6, 6.07) is 0.0532. The van der Waals surface area contributed by atoms with Crippen LogP contribution in [0.1, 0.15) is 20.3 Å². The lowest BCUT2D eigenvalue weighted by Crippen LogP contribution is -2.27. The van der Waals surface area contributed by atoms with E-state index >= 15 is 0 Å². The summed E-state index contributed by atoms with van der Waals surface area (Å²) in [5.41, 5.74) is 0. The van der Waals surface area contributed by atoms with Crippen molar-refractivity contribution in [1.82, 2.24) is 3.93 Å². The Hall–Kier alpha value is -0.510. The second-order valence-corrected chi connectivity index (χ2v) is 4.31. The molecule has 1 aliphatic heterocycles. The van der Waals surface area contributed by atoms with Gasteiger partial charge in [-0.1, -0.05) is 13.8 Å². The molecular formula is C9H14BrNO2. The molecule has 0 fully saturated rings. The van der Waals surface area contributed by atoms with E-state index in [2.05, 4.69) is 30.0 Å². The Balaban J connectivity index is 2.71. The number of ether oxygens (including phenoxy) is 1. The largest absolute Gasteiger partial charge is 0.499 e. The summed E-state index contributed by atoms with van der Waals surface area (Å²) in [6.07, 6.45) is 2.44. The second-order valence-electron chi connectivity index (χ2n) is 3.55. The van der Waals surface area contributed by atoms with Crippen molar-refractivity contribution < 1.29 is 9.53 Å². The molecule has 1 atom stereocenters. The van der Waals surface area contributed by atoms with E-state index in [4.69, 9.17) is 4.74 Å². The Morgan fingerprint density at radius 2 is 2.31 bits per heavy atom. The lowest BCUT2D eigenvalue weighted by atomic mass is 10.0. The molecule has 74 valence electrons. The van der Waals surface area contributed by atoms with Gasteiger partial charge < -0.3 is 4.74 Å². The number of halogens is 1. The maximum absolute atomic E-state index is 11.3. The summed E-state index contributed by atoms with van der Waals surface area (Å²) in [5.74, 6) is 1.24. The minimum Gasteiger partial charge on any atom is -0.499 e. The van der Waals surface area contributed by atoms with Gasteiger partial charge in [0.05, 0.1) is 23.3 Å². The van der Waals surface area contributed by atoms with E-state index in [-0.39, 0.29) is 11.9 Å². The number of hydrogen-bond acceptors (Lipinski definition) is 2. The number of nitrogens with zero attached hydrogens (tertiary/aromatic N) is 1. The zero-order valence-corrected chi connectivity index (χ0v) is 9.67. The molecule has 0 saturated heterocycles. The third-order valence-electron chi connectivity index (χ3n) is 2.01. The predicted octanol–water partition coefficient (Wildman–Crippen LogP) is 2.08. The summed E-state index contributed by atoms with van der Waals surface area (Å²) in [5, 5.41) is 0. The van der Waals surface area contributed by atoms with Gasteiger partial charge in [-0.3, -0.25) is 8.72 Å². The first-order chi connectivity index (χ1) is 6.06. The van der Waals surface area contributed by atoms with Crippen LogP contribution >= 0.6 is 16.1 Å². The molecule has 0 bridgehead atoms. The molecule has 1 unspecified atom stereocenters. The fraction of sp³-hybridized carbons (Fsp3) is 0.667. The summed E-state index contributed by atoms with van der Waals surface area (Å²) < 4.78 is 6.68. The van der Waals surface area contributed by atoms with Crippen molar-refractivity contribution in [2.24, 2.45) is 5.92 Å². The topological polar surface area (TPSA) is 29.5 Å². The third kappa shape index (κ3) is 2.24. The molecule has 3 nitrogen and oxygen atoms in total. The van der Waals surface area contributed by atoms with Crippen molar-refractivity contribution in [2.75, 3.05) is 7.11 Å². The van der Waals surface area contributed by atoms with Crippen LogP contribution in [0.4, 0.5) is 0 Å². The van der Waals surface area contributed by atoms with E-state index in [0.29, 0.717) is 5.92 Å². The molecular weight excluding hydrogens is 234 g/mol. The smallest absolute Gasteiger partial charge is 0.260 e. The Bertz CT molecular complexity index is 238. The van der Waals surface area contributed by atoms with E-state index in [0.717, 1.165) is 12.2 Å². The van der Waals surface area contributed by atoms with Gasteiger partial charge in [0.2, 0.25) is 0 Å². The van der Waals surface area contributed by atoms with Gasteiger partial charge >= 0.3 is 0 Å². The van der Waals surface area contributed by atoms with Gasteiger partial charge in [-0.05, 0) is 12.3 Å². The highest BCUT2D eigenvalue weighted by atomic mass is 79.9. The first kappa shape index (κ1) is 10.6. The average Bonchev–Trinajstić information content (AvgIpc) is 2.31. The zero-order valence-electron chi connectivity index (χ0n) is 8.08. The van der Waals surface area contributed by atoms with Crippen LogP contribution < -0.4 is 0 Å². The van der Waals surface area contributed by atoms with Crippen LogP contribution in [-0.2, 0) is 9.53 Å². The van der Waals surface area contributed by atoms with Crippen LogP contribution in [-0.4, -0.2) is 23.0 Å². The van der Waals surface area contributed by atoms with E-state index < -0.39 is 0 Å². The monoisotopic (exact) mass is 247 g/mol. The minimum absolute atomic E-state index is 0.0394. The second kappa shape index (κ2) is 4.13. The number of carbonyl (C=O) groups is 1. The van der Waals surface area contributed by atoms with Crippen LogP contribution in [0.3, 0.4) is 0 Å². The SMILES string of the molecule is COC1=CC(=O)N(Br)C1CC(C)C. The van der Waals surface area contributed by atoms with Crippen molar-refractivity contribution in [3.8, 4) is 0 Å². The van der Waals surface area contributed by atoms with Crippen LogP contribution in [0.15, 0.2) is 11.8 Å². The number of rotatable bonds is 3. The Morgan fingerprint density at radius 3 is 2.77 bits per heavy atom. The molecule has 1 rings (SSSR count). The van der Waals surface area contributed by atoms with Crippen molar-refractivity contribution in [2.45, 2.75) is 26.3 Å². The highest BCUT2D eigenvalue weighted by Gasteiger charge is 2.32. The molecule has 1 amide bonds. The zero-order chi connectivity index (χ0) is 10.0. The van der Waals surface area contributed by atoms with Crippen LogP contribution in [0, 0.1) is 5.92 Å². The van der Waals surface area contributed by atoms with E-state index in [1.807, 2.05) is 0 Å². The maximum atomic E-state index is 11.3. The number of amides is 1. The molecule has 4 heteroatoms. The first-order valence-corrected chi connectivity index (χ1v) is 5.01. The lowest BCUT2D eigenvalue weighted by molar-refractivity contribution is -0.120. The van der Waals surface area contributed by atoms with Gasteiger partial charge in [0.1, 0.15) is 11.8 Å². The normalized spacial score (nSPS) is 22.5. The summed E-state index contributed by atoms with van der Waals surface area (Å²) in [7, 11) is 1.60. The van der Waals surface area contributed by atoms with Crippen molar-refractivity contribution in [1.29, 1.82) is 0 Å². The first-order valence-electron chi connectivity index (χ1n) is 4.30. The van der Waals surface area contributed by atoms with Gasteiger partial charge in [0.15, 0.2) is 0 Å². The molecule has 0 aromatic carbocycles. The average molecular weight is 248 g/mol. The number of hydrogen-bond donors (Lipinski definition) is 0. The quantitative estimate of drug-likeness (QED) is 0.715. The van der Waals surface area contributed by atoms with Crippen molar-refractivity contribution in [3.05, 3.63) is 11.8 Å². The highest BCUT2D eigenvalue weighted by molar-refractivity contribution is 9.07. The molecule has 0 saturated carbocycles.